The van der Waals surface area contributed by atoms with Crippen molar-refractivity contribution in [1.29, 1.82) is 0 Å². The summed E-state index contributed by atoms with van der Waals surface area (Å²) in [6, 6.07) is 9.03. The number of benzene rings is 1. The van der Waals surface area contributed by atoms with Crippen molar-refractivity contribution in [2.45, 2.75) is 63.7 Å². The van der Waals surface area contributed by atoms with Crippen molar-refractivity contribution in [3.63, 3.8) is 0 Å². The molecule has 116 valence electrons. The van der Waals surface area contributed by atoms with Gasteiger partial charge in [-0.05, 0) is 50.3 Å². The normalized spacial score (nSPS) is 28.1. The van der Waals surface area contributed by atoms with E-state index in [4.69, 9.17) is 9.47 Å². The zero-order valence-electron chi connectivity index (χ0n) is 13.0. The van der Waals surface area contributed by atoms with Gasteiger partial charge < -0.3 is 14.8 Å². The molecule has 0 saturated heterocycles. The van der Waals surface area contributed by atoms with Crippen LogP contribution in [0.4, 0.5) is 0 Å². The van der Waals surface area contributed by atoms with Gasteiger partial charge in [0.1, 0.15) is 11.9 Å². The number of hydrogen-bond acceptors (Lipinski definition) is 3. The SMILES string of the molecule is CCCNC1CCC(OCC2Cc3ccccc3O2)CC1. The number of hydrogen-bond donors (Lipinski definition) is 1. The molecule has 1 atom stereocenters. The Morgan fingerprint density at radius 2 is 2.00 bits per heavy atom. The average Bonchev–Trinajstić information content (AvgIpc) is 2.95. The molecular formula is C18H27NO2. The predicted molar refractivity (Wildman–Crippen MR) is 84.9 cm³/mol. The van der Waals surface area contributed by atoms with Gasteiger partial charge in [0.15, 0.2) is 0 Å². The summed E-state index contributed by atoms with van der Waals surface area (Å²) in [5.74, 6) is 1.04. The highest BCUT2D eigenvalue weighted by atomic mass is 16.5. The molecule has 1 saturated carbocycles. The Morgan fingerprint density at radius 3 is 2.76 bits per heavy atom. The van der Waals surface area contributed by atoms with Crippen LogP contribution in [0.5, 0.6) is 5.75 Å². The van der Waals surface area contributed by atoms with E-state index in [2.05, 4.69) is 30.4 Å². The van der Waals surface area contributed by atoms with Crippen molar-refractivity contribution in [2.75, 3.05) is 13.2 Å². The largest absolute Gasteiger partial charge is 0.487 e. The summed E-state index contributed by atoms with van der Waals surface area (Å²) < 4.78 is 12.0. The third-order valence-corrected chi connectivity index (χ3v) is 4.59. The Kier molecular flexibility index (Phi) is 5.15. The molecule has 0 spiro atoms. The molecule has 1 heterocycles. The number of para-hydroxylation sites is 1. The van der Waals surface area contributed by atoms with Gasteiger partial charge in [-0.25, -0.2) is 0 Å². The van der Waals surface area contributed by atoms with Crippen molar-refractivity contribution >= 4 is 0 Å². The number of fused-ring (bicyclic) bond motifs is 1. The van der Waals surface area contributed by atoms with E-state index in [0.717, 1.165) is 25.3 Å². The molecule has 0 bridgehead atoms. The summed E-state index contributed by atoms with van der Waals surface area (Å²) in [5, 5.41) is 3.62. The minimum Gasteiger partial charge on any atom is -0.487 e. The summed E-state index contributed by atoms with van der Waals surface area (Å²) in [4.78, 5) is 0. The van der Waals surface area contributed by atoms with Crippen LogP contribution in [0.15, 0.2) is 24.3 Å². The van der Waals surface area contributed by atoms with E-state index < -0.39 is 0 Å². The molecule has 1 aliphatic carbocycles. The van der Waals surface area contributed by atoms with Crippen molar-refractivity contribution in [3.05, 3.63) is 29.8 Å². The van der Waals surface area contributed by atoms with Crippen LogP contribution in [-0.4, -0.2) is 31.4 Å². The minimum atomic E-state index is 0.207. The van der Waals surface area contributed by atoms with Crippen LogP contribution < -0.4 is 10.1 Å². The van der Waals surface area contributed by atoms with Gasteiger partial charge in [-0.3, -0.25) is 0 Å². The summed E-state index contributed by atoms with van der Waals surface area (Å²) in [6.07, 6.45) is 7.70. The van der Waals surface area contributed by atoms with E-state index in [-0.39, 0.29) is 6.10 Å². The van der Waals surface area contributed by atoms with E-state index in [0.29, 0.717) is 12.1 Å². The van der Waals surface area contributed by atoms with Crippen LogP contribution in [0.1, 0.15) is 44.6 Å². The van der Waals surface area contributed by atoms with Crippen molar-refractivity contribution < 1.29 is 9.47 Å². The standard InChI is InChI=1S/C18H27NO2/c1-2-11-19-15-7-9-16(10-8-15)20-13-17-12-14-5-3-4-6-18(14)21-17/h3-6,15-17,19H,2,7-13H2,1H3. The van der Waals surface area contributed by atoms with Crippen LogP contribution in [0.3, 0.4) is 0 Å². The average molecular weight is 289 g/mol. The van der Waals surface area contributed by atoms with Gasteiger partial charge in [0.05, 0.1) is 12.7 Å². The molecule has 3 rings (SSSR count). The lowest BCUT2D eigenvalue weighted by molar-refractivity contribution is -0.0138. The minimum absolute atomic E-state index is 0.207. The Morgan fingerprint density at radius 1 is 1.19 bits per heavy atom. The summed E-state index contributed by atoms with van der Waals surface area (Å²) in [6.45, 7) is 4.10. The fourth-order valence-corrected chi connectivity index (χ4v) is 3.37. The fourth-order valence-electron chi connectivity index (χ4n) is 3.37. The first kappa shape index (κ1) is 14.9. The molecule has 0 amide bonds. The number of ether oxygens (including phenoxy) is 2. The zero-order valence-corrected chi connectivity index (χ0v) is 13.0. The highest BCUT2D eigenvalue weighted by Gasteiger charge is 2.26. The van der Waals surface area contributed by atoms with Gasteiger partial charge >= 0.3 is 0 Å². The Labute approximate surface area is 128 Å². The fraction of sp³-hybridized carbons (Fsp3) is 0.667. The molecule has 21 heavy (non-hydrogen) atoms. The Bertz CT molecular complexity index is 416. The number of nitrogens with one attached hydrogen (secondary N) is 1. The van der Waals surface area contributed by atoms with E-state index >= 15 is 0 Å². The summed E-state index contributed by atoms with van der Waals surface area (Å²) in [7, 11) is 0. The summed E-state index contributed by atoms with van der Waals surface area (Å²) in [5.41, 5.74) is 1.32. The first-order chi connectivity index (χ1) is 10.3. The van der Waals surface area contributed by atoms with Crippen LogP contribution in [-0.2, 0) is 11.2 Å². The highest BCUT2D eigenvalue weighted by molar-refractivity contribution is 5.37. The molecule has 3 heteroatoms. The lowest BCUT2D eigenvalue weighted by atomic mass is 9.93. The first-order valence-corrected chi connectivity index (χ1v) is 8.44. The maximum atomic E-state index is 6.10. The van der Waals surface area contributed by atoms with Gasteiger partial charge in [-0.15, -0.1) is 0 Å². The van der Waals surface area contributed by atoms with Gasteiger partial charge in [0, 0.05) is 12.5 Å². The third-order valence-electron chi connectivity index (χ3n) is 4.59. The lowest BCUT2D eigenvalue weighted by Gasteiger charge is -2.29. The Hall–Kier alpha value is -1.06. The van der Waals surface area contributed by atoms with Gasteiger partial charge in [-0.2, -0.15) is 0 Å². The molecule has 1 aromatic rings. The molecule has 0 radical (unpaired) electrons. The second kappa shape index (κ2) is 7.28. The molecule has 3 nitrogen and oxygen atoms in total. The smallest absolute Gasteiger partial charge is 0.126 e. The van der Waals surface area contributed by atoms with Crippen LogP contribution in [0, 0.1) is 0 Å². The molecule has 1 N–H and O–H groups in total. The maximum Gasteiger partial charge on any atom is 0.126 e. The molecule has 1 aliphatic heterocycles. The van der Waals surface area contributed by atoms with Crippen LogP contribution >= 0.6 is 0 Å². The van der Waals surface area contributed by atoms with Gasteiger partial charge in [0.25, 0.3) is 0 Å². The third kappa shape index (κ3) is 3.98. The topological polar surface area (TPSA) is 30.5 Å². The second-order valence-electron chi connectivity index (χ2n) is 6.31. The van der Waals surface area contributed by atoms with Crippen molar-refractivity contribution in [3.8, 4) is 5.75 Å². The van der Waals surface area contributed by atoms with Gasteiger partial charge in [-0.1, -0.05) is 25.1 Å². The number of rotatable bonds is 6. The monoisotopic (exact) mass is 289 g/mol. The molecule has 0 aromatic heterocycles. The van der Waals surface area contributed by atoms with Crippen LogP contribution in [0.2, 0.25) is 0 Å². The predicted octanol–water partition coefficient (Wildman–Crippen LogP) is 3.32. The highest BCUT2D eigenvalue weighted by Crippen LogP contribution is 2.29. The lowest BCUT2D eigenvalue weighted by Crippen LogP contribution is -2.36. The van der Waals surface area contributed by atoms with Gasteiger partial charge in [0.2, 0.25) is 0 Å². The zero-order chi connectivity index (χ0) is 14.5. The summed E-state index contributed by atoms with van der Waals surface area (Å²) >= 11 is 0. The van der Waals surface area contributed by atoms with Crippen molar-refractivity contribution in [2.24, 2.45) is 0 Å². The first-order valence-electron chi connectivity index (χ1n) is 8.44. The van der Waals surface area contributed by atoms with E-state index in [1.54, 1.807) is 0 Å². The molecule has 1 aromatic carbocycles. The molecule has 1 fully saturated rings. The van der Waals surface area contributed by atoms with Crippen molar-refractivity contribution in [1.82, 2.24) is 5.32 Å². The maximum absolute atomic E-state index is 6.10. The van der Waals surface area contributed by atoms with E-state index in [1.807, 2.05) is 6.07 Å². The quantitative estimate of drug-likeness (QED) is 0.871. The van der Waals surface area contributed by atoms with E-state index in [1.165, 1.54) is 37.7 Å². The second-order valence-corrected chi connectivity index (χ2v) is 6.31. The molecule has 1 unspecified atom stereocenters. The molecular weight excluding hydrogens is 262 g/mol. The Balaban J connectivity index is 1.36. The van der Waals surface area contributed by atoms with E-state index in [9.17, 15) is 0 Å². The van der Waals surface area contributed by atoms with Crippen LogP contribution in [0.25, 0.3) is 0 Å². The molecule has 2 aliphatic rings.